The zero-order chi connectivity index (χ0) is 30.6. The van der Waals surface area contributed by atoms with Gasteiger partial charge in [-0.2, -0.15) is 5.10 Å². The highest BCUT2D eigenvalue weighted by molar-refractivity contribution is 6.34. The molecule has 1 N–H and O–H groups in total. The molecule has 0 fully saturated rings. The van der Waals surface area contributed by atoms with Crippen molar-refractivity contribution in [1.82, 2.24) is 23.9 Å². The van der Waals surface area contributed by atoms with E-state index in [-0.39, 0.29) is 45.5 Å². The number of carbonyl (C=O) groups excluding carboxylic acids is 1. The maximum atomic E-state index is 14.2. The van der Waals surface area contributed by atoms with Gasteiger partial charge in [-0.25, -0.2) is 22.9 Å². The van der Waals surface area contributed by atoms with Crippen molar-refractivity contribution in [3.05, 3.63) is 103 Å². The van der Waals surface area contributed by atoms with Crippen LogP contribution in [0.15, 0.2) is 52.3 Å². The second-order valence-electron chi connectivity index (χ2n) is 10.1. The Kier molecular flexibility index (Phi) is 7.04. The van der Waals surface area contributed by atoms with E-state index in [0.29, 0.717) is 29.7 Å². The molecule has 10 nitrogen and oxygen atoms in total. The summed E-state index contributed by atoms with van der Waals surface area (Å²) in [5.41, 5.74) is 0.928. The van der Waals surface area contributed by atoms with Crippen molar-refractivity contribution in [3.8, 4) is 16.9 Å². The van der Waals surface area contributed by atoms with Crippen LogP contribution in [0.4, 0.5) is 18.9 Å². The van der Waals surface area contributed by atoms with Gasteiger partial charge < -0.3 is 10.1 Å². The topological polar surface area (TPSA) is 113 Å². The Morgan fingerprint density at radius 2 is 1.72 bits per heavy atom. The van der Waals surface area contributed by atoms with E-state index in [2.05, 4.69) is 15.4 Å². The maximum absolute atomic E-state index is 14.2. The molecule has 2 aromatic heterocycles. The van der Waals surface area contributed by atoms with Crippen molar-refractivity contribution in [1.29, 1.82) is 0 Å². The summed E-state index contributed by atoms with van der Waals surface area (Å²) in [7, 11) is 2.98. The van der Waals surface area contributed by atoms with Gasteiger partial charge in [0.05, 0.1) is 30.7 Å². The van der Waals surface area contributed by atoms with E-state index in [9.17, 15) is 27.6 Å². The second-order valence-corrected chi connectivity index (χ2v) is 10.5. The van der Waals surface area contributed by atoms with Crippen molar-refractivity contribution in [2.45, 2.75) is 25.9 Å². The Bertz CT molecular complexity index is 2060. The zero-order valence-electron chi connectivity index (χ0n) is 22.8. The lowest BCUT2D eigenvalue weighted by Crippen LogP contribution is -2.41. The third-order valence-corrected chi connectivity index (χ3v) is 7.56. The van der Waals surface area contributed by atoms with Gasteiger partial charge in [0.1, 0.15) is 17.5 Å². The molecule has 0 radical (unpaired) electrons. The van der Waals surface area contributed by atoms with Gasteiger partial charge in [-0.1, -0.05) is 11.6 Å². The third-order valence-electron chi connectivity index (χ3n) is 7.24. The zero-order valence-corrected chi connectivity index (χ0v) is 23.5. The average Bonchev–Trinajstić information content (AvgIpc) is 3.39. The first-order chi connectivity index (χ1) is 20.5. The monoisotopic (exact) mass is 610 g/mol. The van der Waals surface area contributed by atoms with Gasteiger partial charge in [0, 0.05) is 24.7 Å². The number of rotatable bonds is 6. The number of halogens is 4. The van der Waals surface area contributed by atoms with Crippen molar-refractivity contribution in [2.24, 2.45) is 7.05 Å². The van der Waals surface area contributed by atoms with Crippen molar-refractivity contribution in [2.75, 3.05) is 12.4 Å². The summed E-state index contributed by atoms with van der Waals surface area (Å²) in [6, 6.07) is 8.13. The van der Waals surface area contributed by atoms with Crippen molar-refractivity contribution >= 4 is 34.1 Å². The molecule has 220 valence electrons. The smallest absolute Gasteiger partial charge is 0.332 e. The van der Waals surface area contributed by atoms with Gasteiger partial charge >= 0.3 is 5.69 Å². The van der Waals surface area contributed by atoms with Crippen molar-refractivity contribution < 1.29 is 22.7 Å². The van der Waals surface area contributed by atoms with Crippen LogP contribution < -0.4 is 21.3 Å². The normalized spacial score (nSPS) is 12.8. The number of amides is 1. The number of nitrogens with one attached hydrogen (secondary N) is 1. The lowest BCUT2D eigenvalue weighted by atomic mass is 9.96. The number of methoxy groups -OCH3 is 1. The Hall–Kier alpha value is -4.91. The van der Waals surface area contributed by atoms with E-state index in [1.807, 2.05) is 0 Å². The van der Waals surface area contributed by atoms with Gasteiger partial charge in [-0.15, -0.1) is 0 Å². The van der Waals surface area contributed by atoms with E-state index in [0.717, 1.165) is 26.8 Å². The van der Waals surface area contributed by atoms with Crippen molar-refractivity contribution in [3.63, 3.8) is 0 Å². The summed E-state index contributed by atoms with van der Waals surface area (Å²) in [6.45, 7) is -0.718. The molecule has 14 heteroatoms. The number of carbonyl (C=O) groups is 1. The molecule has 0 saturated heterocycles. The molecule has 0 bridgehead atoms. The Morgan fingerprint density at radius 3 is 2.40 bits per heavy atom. The van der Waals surface area contributed by atoms with Gasteiger partial charge in [0.25, 0.3) is 5.56 Å². The van der Waals surface area contributed by atoms with Crippen LogP contribution in [0.1, 0.15) is 23.4 Å². The third kappa shape index (κ3) is 5.05. The quantitative estimate of drug-likeness (QED) is 0.291. The van der Waals surface area contributed by atoms with Crippen LogP contribution in [-0.2, 0) is 31.4 Å². The van der Waals surface area contributed by atoms with Crippen LogP contribution >= 0.6 is 11.6 Å². The van der Waals surface area contributed by atoms with Crippen LogP contribution in [-0.4, -0.2) is 36.9 Å². The number of ether oxygens (including phenoxy) is 1. The lowest BCUT2D eigenvalue weighted by Gasteiger charge is -2.20. The van der Waals surface area contributed by atoms with Crippen LogP contribution in [0.5, 0.6) is 5.75 Å². The predicted octanol–water partition coefficient (Wildman–Crippen LogP) is 4.02. The molecule has 0 unspecified atom stereocenters. The maximum Gasteiger partial charge on any atom is 0.332 e. The minimum atomic E-state index is -1.64. The van der Waals surface area contributed by atoms with E-state index in [4.69, 9.17) is 16.3 Å². The molecule has 0 atom stereocenters. The average molecular weight is 611 g/mol. The molecule has 6 rings (SSSR count). The predicted molar refractivity (Wildman–Crippen MR) is 152 cm³/mol. The van der Waals surface area contributed by atoms with Gasteiger partial charge in [-0.05, 0) is 59.5 Å². The van der Waals surface area contributed by atoms with Gasteiger partial charge in [0.2, 0.25) is 5.91 Å². The highest BCUT2D eigenvalue weighted by Gasteiger charge is 2.23. The molecule has 5 aromatic rings. The molecule has 0 aliphatic carbocycles. The largest absolute Gasteiger partial charge is 0.496 e. The molecule has 0 saturated carbocycles. The minimum Gasteiger partial charge on any atom is -0.496 e. The van der Waals surface area contributed by atoms with E-state index >= 15 is 0 Å². The molecule has 1 amide bonds. The summed E-state index contributed by atoms with van der Waals surface area (Å²) in [5, 5.41) is 7.22. The van der Waals surface area contributed by atoms with Gasteiger partial charge in [0.15, 0.2) is 23.3 Å². The van der Waals surface area contributed by atoms with Crippen LogP contribution in [0.2, 0.25) is 5.02 Å². The first kappa shape index (κ1) is 28.2. The molecule has 0 spiro atoms. The van der Waals surface area contributed by atoms with Crippen LogP contribution in [0, 0.1) is 17.5 Å². The molecular formula is C29H22ClF3N6O4. The highest BCUT2D eigenvalue weighted by atomic mass is 35.5. The number of hydrogen-bond donors (Lipinski definition) is 1. The minimum absolute atomic E-state index is 0.00572. The number of anilines is 1. The van der Waals surface area contributed by atoms with E-state index in [1.54, 1.807) is 31.3 Å². The number of aromatic nitrogens is 5. The summed E-state index contributed by atoms with van der Waals surface area (Å²) in [5.74, 6) is -4.34. The molecular weight excluding hydrogens is 589 g/mol. The number of aryl methyl sites for hydroxylation is 2. The first-order valence-corrected chi connectivity index (χ1v) is 13.4. The molecule has 43 heavy (non-hydrogen) atoms. The van der Waals surface area contributed by atoms with Crippen LogP contribution in [0.25, 0.3) is 22.0 Å². The standard InChI is InChI=1S/C29H22ClF3N6O4/c1-37-13-34-24(36-37)12-39-28(41)26-22(38(29(39)42)11-14-5-19(31)27(33)20(32)6-14)8-16(9-23(26)43-2)17-7-15-3-4-25(40)35-21(15)10-18(17)30/h5-10,13H,3-4,11-12H2,1-2H3,(H,35,40). The number of fused-ring (bicyclic) bond motifs is 2. The summed E-state index contributed by atoms with van der Waals surface area (Å²) in [4.78, 5) is 43.7. The molecule has 3 aromatic carbocycles. The number of hydrogen-bond acceptors (Lipinski definition) is 6. The van der Waals surface area contributed by atoms with Gasteiger partial charge in [-0.3, -0.25) is 23.4 Å². The summed E-state index contributed by atoms with van der Waals surface area (Å²) < 4.78 is 51.1. The SMILES string of the molecule is COc1cc(-c2cc3c(cc2Cl)NC(=O)CC3)cc2c1c(=O)n(Cc1ncn(C)n1)c(=O)n2Cc1cc(F)c(F)c(F)c1. The lowest BCUT2D eigenvalue weighted by molar-refractivity contribution is -0.116. The van der Waals surface area contributed by atoms with E-state index < -0.39 is 35.2 Å². The fraction of sp³-hybridized carbons (Fsp3) is 0.207. The molecule has 3 heterocycles. The fourth-order valence-electron chi connectivity index (χ4n) is 5.21. The Labute approximate surface area is 245 Å². The summed E-state index contributed by atoms with van der Waals surface area (Å²) >= 11 is 6.63. The summed E-state index contributed by atoms with van der Waals surface area (Å²) in [6.07, 6.45) is 2.18. The fourth-order valence-corrected chi connectivity index (χ4v) is 5.48. The number of benzene rings is 3. The Balaban J connectivity index is 1.62. The number of nitrogens with zero attached hydrogens (tertiary/aromatic N) is 5. The van der Waals surface area contributed by atoms with Crippen LogP contribution in [0.3, 0.4) is 0 Å². The first-order valence-electron chi connectivity index (χ1n) is 13.0. The Morgan fingerprint density at radius 1 is 0.977 bits per heavy atom. The highest BCUT2D eigenvalue weighted by Crippen LogP contribution is 2.38. The molecule has 1 aliphatic heterocycles. The van der Waals surface area contributed by atoms with E-state index in [1.165, 1.54) is 18.1 Å². The second kappa shape index (κ2) is 10.7. The molecule has 1 aliphatic rings.